The third-order valence-electron chi connectivity index (χ3n) is 1.25. The van der Waals surface area contributed by atoms with Crippen molar-refractivity contribution < 1.29 is 8.42 Å². The van der Waals surface area contributed by atoms with E-state index in [1.54, 1.807) is 0 Å². The van der Waals surface area contributed by atoms with Crippen molar-refractivity contribution >= 4 is 10.0 Å². The molecule has 0 saturated carbocycles. The summed E-state index contributed by atoms with van der Waals surface area (Å²) in [5.74, 6) is 2.55. The molecule has 0 heterocycles. The van der Waals surface area contributed by atoms with Crippen LogP contribution in [0.15, 0.2) is 0 Å². The van der Waals surface area contributed by atoms with Gasteiger partial charge in [0.2, 0.25) is 10.0 Å². The van der Waals surface area contributed by atoms with Crippen molar-refractivity contribution in [2.45, 2.75) is 25.7 Å². The van der Waals surface area contributed by atoms with Crippen LogP contribution in [0.4, 0.5) is 0 Å². The van der Waals surface area contributed by atoms with Gasteiger partial charge in [-0.1, -0.05) is 6.42 Å². The van der Waals surface area contributed by atoms with Gasteiger partial charge in [0.1, 0.15) is 0 Å². The van der Waals surface area contributed by atoms with Crippen molar-refractivity contribution in [2.75, 3.05) is 5.75 Å². The Morgan fingerprint density at radius 1 is 1.27 bits per heavy atom. The fraction of sp³-hybridized carbons (Fsp3) is 0.714. The summed E-state index contributed by atoms with van der Waals surface area (Å²) in [4.78, 5) is 0. The van der Waals surface area contributed by atoms with Crippen LogP contribution < -0.4 is 5.14 Å². The molecule has 0 amide bonds. The topological polar surface area (TPSA) is 60.2 Å². The first-order valence-corrected chi connectivity index (χ1v) is 5.22. The van der Waals surface area contributed by atoms with E-state index in [0.29, 0.717) is 12.8 Å². The number of unbranched alkanes of at least 4 members (excludes halogenated alkanes) is 3. The van der Waals surface area contributed by atoms with Gasteiger partial charge in [-0.3, -0.25) is 0 Å². The van der Waals surface area contributed by atoms with Gasteiger partial charge in [-0.2, -0.15) is 0 Å². The summed E-state index contributed by atoms with van der Waals surface area (Å²) in [6.45, 7) is 0. The second kappa shape index (κ2) is 5.16. The highest BCUT2D eigenvalue weighted by Gasteiger charge is 2.00. The molecule has 0 rings (SSSR count). The summed E-state index contributed by atoms with van der Waals surface area (Å²) in [6.07, 6.45) is 8.04. The summed E-state index contributed by atoms with van der Waals surface area (Å²) < 4.78 is 20.8. The molecule has 0 aliphatic rings. The van der Waals surface area contributed by atoms with Crippen LogP contribution in [0.1, 0.15) is 25.7 Å². The lowest BCUT2D eigenvalue weighted by Crippen LogP contribution is -2.16. The number of hydrogen-bond acceptors (Lipinski definition) is 2. The van der Waals surface area contributed by atoms with E-state index in [0.717, 1.165) is 12.8 Å². The lowest BCUT2D eigenvalue weighted by Gasteiger charge is -1.95. The molecule has 0 saturated heterocycles. The van der Waals surface area contributed by atoms with E-state index >= 15 is 0 Å². The molecule has 11 heavy (non-hydrogen) atoms. The molecule has 0 spiro atoms. The molecule has 3 nitrogen and oxygen atoms in total. The summed E-state index contributed by atoms with van der Waals surface area (Å²) in [5, 5.41) is 4.78. The molecule has 0 aromatic carbocycles. The lowest BCUT2D eigenvalue weighted by molar-refractivity contribution is 0.592. The van der Waals surface area contributed by atoms with Crippen LogP contribution >= 0.6 is 0 Å². The van der Waals surface area contributed by atoms with E-state index in [-0.39, 0.29) is 5.75 Å². The number of primary sulfonamides is 1. The monoisotopic (exact) mass is 175 g/mol. The highest BCUT2D eigenvalue weighted by Crippen LogP contribution is 1.99. The largest absolute Gasteiger partial charge is 0.229 e. The zero-order chi connectivity index (χ0) is 8.74. The van der Waals surface area contributed by atoms with Crippen molar-refractivity contribution in [3.8, 4) is 12.3 Å². The zero-order valence-electron chi connectivity index (χ0n) is 6.41. The van der Waals surface area contributed by atoms with Gasteiger partial charge >= 0.3 is 0 Å². The molecule has 0 aliphatic heterocycles. The molecule has 0 atom stereocenters. The Kier molecular flexibility index (Phi) is 4.92. The molecule has 0 aliphatic carbocycles. The third-order valence-corrected chi connectivity index (χ3v) is 2.11. The Labute approximate surface area is 68.0 Å². The molecule has 2 N–H and O–H groups in total. The van der Waals surface area contributed by atoms with Crippen LogP contribution in [0.5, 0.6) is 0 Å². The fourth-order valence-corrected chi connectivity index (χ4v) is 1.31. The molecule has 0 aromatic rings. The molecule has 4 heteroatoms. The van der Waals surface area contributed by atoms with E-state index in [4.69, 9.17) is 11.6 Å². The molecule has 0 radical (unpaired) electrons. The molecular weight excluding hydrogens is 162 g/mol. The predicted molar refractivity (Wildman–Crippen MR) is 45.3 cm³/mol. The number of nitrogens with two attached hydrogens (primary N) is 1. The van der Waals surface area contributed by atoms with Crippen molar-refractivity contribution in [1.82, 2.24) is 0 Å². The zero-order valence-corrected chi connectivity index (χ0v) is 7.23. The maximum atomic E-state index is 10.4. The lowest BCUT2D eigenvalue weighted by atomic mass is 10.2. The molecule has 0 aromatic heterocycles. The Balaban J connectivity index is 3.24. The van der Waals surface area contributed by atoms with Gasteiger partial charge in [-0.25, -0.2) is 13.6 Å². The maximum Gasteiger partial charge on any atom is 0.209 e. The van der Waals surface area contributed by atoms with E-state index in [2.05, 4.69) is 5.92 Å². The smallest absolute Gasteiger partial charge is 0.209 e. The molecule has 0 unspecified atom stereocenters. The van der Waals surface area contributed by atoms with E-state index in [1.807, 2.05) is 0 Å². The van der Waals surface area contributed by atoms with Crippen LogP contribution in [0.2, 0.25) is 0 Å². The fourth-order valence-electron chi connectivity index (χ4n) is 0.707. The summed E-state index contributed by atoms with van der Waals surface area (Å²) in [6, 6.07) is 0. The first kappa shape index (κ1) is 10.5. The van der Waals surface area contributed by atoms with Crippen LogP contribution in [0, 0.1) is 12.3 Å². The minimum absolute atomic E-state index is 0.0670. The predicted octanol–water partition coefficient (Wildman–Crippen LogP) is 0.469. The molecule has 0 fully saturated rings. The molecule has 0 bridgehead atoms. The van der Waals surface area contributed by atoms with Crippen LogP contribution in [-0.2, 0) is 10.0 Å². The number of terminal acetylenes is 1. The summed E-state index contributed by atoms with van der Waals surface area (Å²) in [7, 11) is -3.26. The summed E-state index contributed by atoms with van der Waals surface area (Å²) in [5.41, 5.74) is 0. The first-order chi connectivity index (χ1) is 5.06. The highest BCUT2D eigenvalue weighted by atomic mass is 32.2. The van der Waals surface area contributed by atoms with E-state index in [9.17, 15) is 8.42 Å². The van der Waals surface area contributed by atoms with Gasteiger partial charge in [0.25, 0.3) is 0 Å². The Morgan fingerprint density at radius 2 is 1.91 bits per heavy atom. The van der Waals surface area contributed by atoms with Gasteiger partial charge in [0.15, 0.2) is 0 Å². The number of rotatable bonds is 5. The highest BCUT2D eigenvalue weighted by molar-refractivity contribution is 7.89. The van der Waals surface area contributed by atoms with Crippen molar-refractivity contribution in [2.24, 2.45) is 5.14 Å². The molecule has 64 valence electrons. The van der Waals surface area contributed by atoms with Gasteiger partial charge < -0.3 is 0 Å². The van der Waals surface area contributed by atoms with Crippen LogP contribution in [-0.4, -0.2) is 14.2 Å². The third kappa shape index (κ3) is 9.47. The SMILES string of the molecule is C#CCCCCCS(N)(=O)=O. The second-order valence-corrected chi connectivity index (χ2v) is 4.12. The minimum Gasteiger partial charge on any atom is -0.229 e. The normalized spacial score (nSPS) is 10.9. The minimum atomic E-state index is -3.26. The van der Waals surface area contributed by atoms with Gasteiger partial charge in [0.05, 0.1) is 5.75 Å². The van der Waals surface area contributed by atoms with Crippen molar-refractivity contribution in [3.63, 3.8) is 0 Å². The molecular formula is C7H13NO2S. The Hall–Kier alpha value is -0.530. The van der Waals surface area contributed by atoms with Gasteiger partial charge in [-0.15, -0.1) is 12.3 Å². The average Bonchev–Trinajstić information content (AvgIpc) is 1.85. The first-order valence-electron chi connectivity index (χ1n) is 3.50. The quantitative estimate of drug-likeness (QED) is 0.487. The number of sulfonamides is 1. The Bertz CT molecular complexity index is 225. The van der Waals surface area contributed by atoms with Crippen molar-refractivity contribution in [1.29, 1.82) is 0 Å². The standard InChI is InChI=1S/C7H13NO2S/c1-2-3-4-5-6-7-11(8,9)10/h1H,3-7H2,(H2,8,9,10). The van der Waals surface area contributed by atoms with Gasteiger partial charge in [-0.05, 0) is 12.8 Å². The second-order valence-electron chi connectivity index (χ2n) is 2.38. The van der Waals surface area contributed by atoms with Crippen LogP contribution in [0.3, 0.4) is 0 Å². The summed E-state index contributed by atoms with van der Waals surface area (Å²) >= 11 is 0. The number of hydrogen-bond donors (Lipinski definition) is 1. The Morgan fingerprint density at radius 3 is 2.36 bits per heavy atom. The maximum absolute atomic E-state index is 10.4. The van der Waals surface area contributed by atoms with E-state index in [1.165, 1.54) is 0 Å². The van der Waals surface area contributed by atoms with Crippen LogP contribution in [0.25, 0.3) is 0 Å². The average molecular weight is 175 g/mol. The van der Waals surface area contributed by atoms with E-state index < -0.39 is 10.0 Å². The van der Waals surface area contributed by atoms with Gasteiger partial charge in [0, 0.05) is 6.42 Å². The van der Waals surface area contributed by atoms with Crippen molar-refractivity contribution in [3.05, 3.63) is 0 Å².